The van der Waals surface area contributed by atoms with Crippen LogP contribution in [-0.4, -0.2) is 34.4 Å². The summed E-state index contributed by atoms with van der Waals surface area (Å²) in [6.07, 6.45) is 5.60. The zero-order valence-electron chi connectivity index (χ0n) is 13.9. The van der Waals surface area contributed by atoms with E-state index >= 15 is 0 Å². The van der Waals surface area contributed by atoms with E-state index < -0.39 is 24.0 Å². The van der Waals surface area contributed by atoms with Crippen LogP contribution in [0.3, 0.4) is 0 Å². The molecular weight excluding hydrogens is 310 g/mol. The summed E-state index contributed by atoms with van der Waals surface area (Å²) < 4.78 is 6.48. The predicted octanol–water partition coefficient (Wildman–Crippen LogP) is 1.73. The Bertz CT molecular complexity index is 693. The molecule has 0 aromatic carbocycles. The zero-order valence-corrected chi connectivity index (χ0v) is 13.9. The van der Waals surface area contributed by atoms with Crippen LogP contribution in [0.1, 0.15) is 59.9 Å². The minimum Gasteiger partial charge on any atom is -0.451 e. The largest absolute Gasteiger partial charge is 0.451 e. The molecule has 1 aromatic heterocycles. The van der Waals surface area contributed by atoms with E-state index in [1.165, 1.54) is 23.8 Å². The summed E-state index contributed by atoms with van der Waals surface area (Å²) in [7, 11) is 1.62. The van der Waals surface area contributed by atoms with Crippen LogP contribution in [0.2, 0.25) is 0 Å². The van der Waals surface area contributed by atoms with Crippen LogP contribution in [0, 0.1) is 11.3 Å². The average molecular weight is 331 g/mol. The van der Waals surface area contributed by atoms with Gasteiger partial charge in [0.25, 0.3) is 5.91 Å². The highest BCUT2D eigenvalue weighted by molar-refractivity contribution is 5.98. The van der Waals surface area contributed by atoms with Crippen molar-refractivity contribution in [1.29, 1.82) is 5.26 Å². The van der Waals surface area contributed by atoms with Crippen molar-refractivity contribution < 1.29 is 19.1 Å². The van der Waals surface area contributed by atoms with Crippen molar-refractivity contribution in [3.8, 4) is 6.07 Å². The highest BCUT2D eigenvalue weighted by Crippen LogP contribution is 2.27. The summed E-state index contributed by atoms with van der Waals surface area (Å²) >= 11 is 0. The summed E-state index contributed by atoms with van der Waals surface area (Å²) in [5.74, 6) is -1.33. The van der Waals surface area contributed by atoms with E-state index in [-0.39, 0.29) is 11.5 Å². The van der Waals surface area contributed by atoms with Gasteiger partial charge in [0.1, 0.15) is 11.2 Å². The van der Waals surface area contributed by atoms with Gasteiger partial charge in [-0.05, 0) is 25.8 Å². The second kappa shape index (κ2) is 7.30. The molecule has 7 nitrogen and oxygen atoms in total. The maximum Gasteiger partial charge on any atom is 0.355 e. The Morgan fingerprint density at radius 3 is 2.54 bits per heavy atom. The standard InChI is InChI=1S/C17H21N3O4/c1-12(21)13-8-14(20(2)9-13)16(23)24-10-15(22)19-17(11-18)6-4-3-5-7-17/h8-9H,3-7,10H2,1-2H3,(H,19,22). The maximum atomic E-state index is 12.0. The number of carbonyl (C=O) groups excluding carboxylic acids is 3. The summed E-state index contributed by atoms with van der Waals surface area (Å²) in [5, 5.41) is 12.0. The van der Waals surface area contributed by atoms with Crippen molar-refractivity contribution in [3.05, 3.63) is 23.5 Å². The van der Waals surface area contributed by atoms with E-state index in [0.29, 0.717) is 18.4 Å². The minimum absolute atomic E-state index is 0.157. The lowest BCUT2D eigenvalue weighted by Crippen LogP contribution is -2.50. The predicted molar refractivity (Wildman–Crippen MR) is 85.3 cm³/mol. The number of hydrogen-bond acceptors (Lipinski definition) is 5. The number of nitriles is 1. The first-order valence-corrected chi connectivity index (χ1v) is 7.93. The molecule has 24 heavy (non-hydrogen) atoms. The van der Waals surface area contributed by atoms with Crippen LogP contribution in [0.15, 0.2) is 12.3 Å². The van der Waals surface area contributed by atoms with Crippen molar-refractivity contribution in [1.82, 2.24) is 9.88 Å². The molecule has 0 aliphatic heterocycles. The number of hydrogen-bond donors (Lipinski definition) is 1. The third-order valence-corrected chi connectivity index (χ3v) is 4.25. The van der Waals surface area contributed by atoms with Gasteiger partial charge in [-0.3, -0.25) is 9.59 Å². The zero-order chi connectivity index (χ0) is 17.7. The van der Waals surface area contributed by atoms with Crippen molar-refractivity contribution in [3.63, 3.8) is 0 Å². The first-order valence-electron chi connectivity index (χ1n) is 7.93. The number of esters is 1. The Balaban J connectivity index is 1.93. The molecule has 7 heteroatoms. The second-order valence-corrected chi connectivity index (χ2v) is 6.16. The van der Waals surface area contributed by atoms with E-state index in [4.69, 9.17) is 4.74 Å². The number of carbonyl (C=O) groups is 3. The maximum absolute atomic E-state index is 12.0. The van der Waals surface area contributed by atoms with Gasteiger partial charge in [-0.2, -0.15) is 5.26 Å². The molecular formula is C17H21N3O4. The lowest BCUT2D eigenvalue weighted by Gasteiger charge is -2.31. The molecule has 1 saturated carbocycles. The van der Waals surface area contributed by atoms with Gasteiger partial charge in [-0.25, -0.2) is 4.79 Å². The number of rotatable bonds is 5. The number of Topliss-reactive ketones (excluding diaryl/α,β-unsaturated/α-hetero) is 1. The molecule has 1 aliphatic rings. The Morgan fingerprint density at radius 1 is 1.33 bits per heavy atom. The van der Waals surface area contributed by atoms with Gasteiger partial charge in [0.05, 0.1) is 6.07 Å². The highest BCUT2D eigenvalue weighted by atomic mass is 16.5. The van der Waals surface area contributed by atoms with Gasteiger partial charge in [0, 0.05) is 18.8 Å². The Hall–Kier alpha value is -2.62. The summed E-state index contributed by atoms with van der Waals surface area (Å²) in [6.45, 7) is 0.951. The monoisotopic (exact) mass is 331 g/mol. The lowest BCUT2D eigenvalue weighted by molar-refractivity contribution is -0.125. The van der Waals surface area contributed by atoms with Crippen LogP contribution in [0.4, 0.5) is 0 Å². The third kappa shape index (κ3) is 4.02. The second-order valence-electron chi connectivity index (χ2n) is 6.16. The molecule has 1 aromatic rings. The van der Waals surface area contributed by atoms with E-state index in [0.717, 1.165) is 19.3 Å². The first kappa shape index (κ1) is 17.7. The Morgan fingerprint density at radius 2 is 2.00 bits per heavy atom. The SMILES string of the molecule is CC(=O)c1cc(C(=O)OCC(=O)NC2(C#N)CCCCC2)n(C)c1. The Labute approximate surface area is 140 Å². The fraction of sp³-hybridized carbons (Fsp3) is 0.529. The summed E-state index contributed by atoms with van der Waals surface area (Å²) in [5.41, 5.74) is -0.255. The smallest absolute Gasteiger partial charge is 0.355 e. The van der Waals surface area contributed by atoms with Gasteiger partial charge in [-0.1, -0.05) is 19.3 Å². The molecule has 1 heterocycles. The van der Waals surface area contributed by atoms with Gasteiger partial charge in [-0.15, -0.1) is 0 Å². The first-order chi connectivity index (χ1) is 11.4. The van der Waals surface area contributed by atoms with E-state index in [2.05, 4.69) is 11.4 Å². The van der Waals surface area contributed by atoms with Crippen molar-refractivity contribution in [2.75, 3.05) is 6.61 Å². The number of nitrogens with one attached hydrogen (secondary N) is 1. The molecule has 0 unspecified atom stereocenters. The molecule has 0 bridgehead atoms. The lowest BCUT2D eigenvalue weighted by atomic mass is 9.83. The van der Waals surface area contributed by atoms with Crippen LogP contribution < -0.4 is 5.32 Å². The molecule has 0 saturated heterocycles. The number of aromatic nitrogens is 1. The van der Waals surface area contributed by atoms with Crippen molar-refractivity contribution in [2.45, 2.75) is 44.6 Å². The molecule has 1 N–H and O–H groups in total. The summed E-state index contributed by atoms with van der Waals surface area (Å²) in [4.78, 5) is 35.4. The molecule has 0 spiro atoms. The molecule has 128 valence electrons. The minimum atomic E-state index is -0.853. The van der Waals surface area contributed by atoms with E-state index in [9.17, 15) is 19.6 Å². The third-order valence-electron chi connectivity index (χ3n) is 4.25. The van der Waals surface area contributed by atoms with Crippen LogP contribution in [0.5, 0.6) is 0 Å². The fourth-order valence-electron chi connectivity index (χ4n) is 2.89. The average Bonchev–Trinajstić information content (AvgIpc) is 2.96. The number of ether oxygens (including phenoxy) is 1. The van der Waals surface area contributed by atoms with Crippen LogP contribution in [0.25, 0.3) is 0 Å². The normalized spacial score (nSPS) is 16.0. The topological polar surface area (TPSA) is 101 Å². The van der Waals surface area contributed by atoms with Crippen LogP contribution >= 0.6 is 0 Å². The highest BCUT2D eigenvalue weighted by Gasteiger charge is 2.33. The summed E-state index contributed by atoms with van der Waals surface area (Å²) in [6, 6.07) is 3.61. The van der Waals surface area contributed by atoms with E-state index in [1.54, 1.807) is 7.05 Å². The molecule has 1 fully saturated rings. The molecule has 0 radical (unpaired) electrons. The van der Waals surface area contributed by atoms with E-state index in [1.807, 2.05) is 0 Å². The number of amides is 1. The fourth-order valence-corrected chi connectivity index (χ4v) is 2.89. The Kier molecular flexibility index (Phi) is 5.39. The van der Waals surface area contributed by atoms with Gasteiger partial charge in [0.15, 0.2) is 12.4 Å². The molecule has 1 aliphatic carbocycles. The molecule has 1 amide bonds. The van der Waals surface area contributed by atoms with Crippen LogP contribution in [-0.2, 0) is 16.6 Å². The van der Waals surface area contributed by atoms with Gasteiger partial charge < -0.3 is 14.6 Å². The van der Waals surface area contributed by atoms with Gasteiger partial charge >= 0.3 is 5.97 Å². The van der Waals surface area contributed by atoms with Gasteiger partial charge in [0.2, 0.25) is 0 Å². The molecule has 2 rings (SSSR count). The number of ketones is 1. The number of nitrogens with zero attached hydrogens (tertiary/aromatic N) is 2. The van der Waals surface area contributed by atoms with Crippen molar-refractivity contribution >= 4 is 17.7 Å². The van der Waals surface area contributed by atoms with Crippen molar-refractivity contribution in [2.24, 2.45) is 7.05 Å². The molecule has 0 atom stereocenters. The number of aryl methyl sites for hydroxylation is 1. The quantitative estimate of drug-likeness (QED) is 0.654.